The fourth-order valence-corrected chi connectivity index (χ4v) is 3.84. The van der Waals surface area contributed by atoms with Crippen molar-refractivity contribution in [2.75, 3.05) is 18.0 Å². The van der Waals surface area contributed by atoms with Crippen molar-refractivity contribution in [2.45, 2.75) is 45.3 Å². The number of nitrogens with zero attached hydrogens (tertiary/aromatic N) is 4. The zero-order chi connectivity index (χ0) is 20.6. The van der Waals surface area contributed by atoms with Crippen LogP contribution in [0.2, 0.25) is 0 Å². The van der Waals surface area contributed by atoms with Crippen LogP contribution in [0.4, 0.5) is 16.4 Å². The Morgan fingerprint density at radius 1 is 1.43 bits per heavy atom. The second kappa shape index (κ2) is 7.57. The minimum Gasteiger partial charge on any atom is -0.444 e. The monoisotopic (exact) mass is 453 g/mol. The van der Waals surface area contributed by atoms with Crippen LogP contribution in [-0.2, 0) is 11.8 Å². The molecule has 1 aromatic carbocycles. The fourth-order valence-electron chi connectivity index (χ4n) is 3.36. The van der Waals surface area contributed by atoms with Crippen LogP contribution in [0.25, 0.3) is 11.0 Å². The van der Waals surface area contributed by atoms with E-state index in [0.717, 1.165) is 30.9 Å². The minimum atomic E-state index is -0.544. The summed E-state index contributed by atoms with van der Waals surface area (Å²) < 4.78 is 7.68. The Morgan fingerprint density at radius 3 is 2.79 bits per heavy atom. The fraction of sp³-hybridized carbons (Fsp3) is 0.556. The van der Waals surface area contributed by atoms with Gasteiger partial charge >= 0.3 is 6.09 Å². The molecule has 1 atom stereocenters. The summed E-state index contributed by atoms with van der Waals surface area (Å²) in [6.45, 7) is 6.89. The van der Waals surface area contributed by atoms with Gasteiger partial charge in [0.15, 0.2) is 0 Å². The van der Waals surface area contributed by atoms with Gasteiger partial charge in [-0.15, -0.1) is 0 Å². The van der Waals surface area contributed by atoms with E-state index in [-0.39, 0.29) is 11.7 Å². The van der Waals surface area contributed by atoms with E-state index in [1.54, 1.807) is 6.07 Å². The van der Waals surface area contributed by atoms with Crippen LogP contribution in [0.5, 0.6) is 0 Å². The lowest BCUT2D eigenvalue weighted by atomic mass is 10.1. The van der Waals surface area contributed by atoms with Gasteiger partial charge in [0.2, 0.25) is 5.95 Å². The van der Waals surface area contributed by atoms with Gasteiger partial charge in [0, 0.05) is 32.2 Å². The van der Waals surface area contributed by atoms with Crippen molar-refractivity contribution in [3.8, 4) is 0 Å². The van der Waals surface area contributed by atoms with Gasteiger partial charge in [0.1, 0.15) is 5.60 Å². The molecule has 0 spiro atoms. The third-order valence-electron chi connectivity index (χ3n) is 4.55. The number of hydrogen-bond donors (Lipinski definition) is 1. The lowest BCUT2D eigenvalue weighted by Gasteiger charge is -2.34. The van der Waals surface area contributed by atoms with Gasteiger partial charge in [-0.1, -0.05) is 0 Å². The van der Waals surface area contributed by atoms with E-state index in [2.05, 4.69) is 31.1 Å². The maximum absolute atomic E-state index is 12.1. The predicted molar refractivity (Wildman–Crippen MR) is 110 cm³/mol. The number of hydrogen-bond acceptors (Lipinski definition) is 6. The molecule has 1 aliphatic heterocycles. The minimum absolute atomic E-state index is 0.0136. The molecule has 0 aliphatic carbocycles. The maximum Gasteiger partial charge on any atom is 0.407 e. The van der Waals surface area contributed by atoms with E-state index < -0.39 is 16.6 Å². The van der Waals surface area contributed by atoms with Crippen molar-refractivity contribution in [3.05, 3.63) is 26.7 Å². The summed E-state index contributed by atoms with van der Waals surface area (Å²) in [5, 5.41) is 14.1. The number of anilines is 1. The van der Waals surface area contributed by atoms with Gasteiger partial charge < -0.3 is 19.5 Å². The van der Waals surface area contributed by atoms with Crippen molar-refractivity contribution in [2.24, 2.45) is 7.05 Å². The molecule has 3 rings (SSSR count). The first-order valence-electron chi connectivity index (χ1n) is 9.10. The lowest BCUT2D eigenvalue weighted by Crippen LogP contribution is -2.49. The number of nitro benzene ring substituents is 1. The van der Waals surface area contributed by atoms with Crippen molar-refractivity contribution in [3.63, 3.8) is 0 Å². The standard InChI is InChI=1S/C18H24BrN5O4/c1-18(2,3)28-17(25)20-11-6-5-7-23(10-11)16-21-13-9-14(24(26)27)12(19)8-15(13)22(16)4/h8-9,11H,5-7,10H2,1-4H3,(H,20,25)/t11-/m1/s1. The summed E-state index contributed by atoms with van der Waals surface area (Å²) in [7, 11) is 1.88. The Kier molecular flexibility index (Phi) is 5.51. The molecule has 1 amide bonds. The van der Waals surface area contributed by atoms with E-state index in [1.165, 1.54) is 6.07 Å². The molecule has 0 unspecified atom stereocenters. The first-order chi connectivity index (χ1) is 13.0. The number of aryl methyl sites for hydroxylation is 1. The van der Waals surface area contributed by atoms with Crippen molar-refractivity contribution in [1.29, 1.82) is 0 Å². The topological polar surface area (TPSA) is 103 Å². The van der Waals surface area contributed by atoms with E-state index >= 15 is 0 Å². The average molecular weight is 454 g/mol. The second-order valence-corrected chi connectivity index (χ2v) is 8.81. The third-order valence-corrected chi connectivity index (χ3v) is 5.18. The Morgan fingerprint density at radius 2 is 2.14 bits per heavy atom. The summed E-state index contributed by atoms with van der Waals surface area (Å²) in [6, 6.07) is 3.14. The highest BCUT2D eigenvalue weighted by Crippen LogP contribution is 2.32. The number of carbonyl (C=O) groups excluding carboxylic acids is 1. The summed E-state index contributed by atoms with van der Waals surface area (Å²) >= 11 is 3.26. The normalized spacial score (nSPS) is 17.6. The van der Waals surface area contributed by atoms with Crippen molar-refractivity contribution >= 4 is 44.7 Å². The molecule has 2 heterocycles. The summed E-state index contributed by atoms with van der Waals surface area (Å²) in [6.07, 6.45) is 1.33. The first-order valence-corrected chi connectivity index (χ1v) is 9.89. The molecule has 9 nitrogen and oxygen atoms in total. The number of rotatable bonds is 3. The molecule has 2 aromatic rings. The molecule has 1 saturated heterocycles. The maximum atomic E-state index is 12.1. The number of benzene rings is 1. The Balaban J connectivity index is 1.81. The summed E-state index contributed by atoms with van der Waals surface area (Å²) in [4.78, 5) is 29.5. The number of ether oxygens (including phenoxy) is 1. The molecule has 0 radical (unpaired) electrons. The molecular formula is C18H24BrN5O4. The Labute approximate surface area is 171 Å². The second-order valence-electron chi connectivity index (χ2n) is 7.95. The summed E-state index contributed by atoms with van der Waals surface area (Å²) in [5.41, 5.74) is 0.808. The van der Waals surface area contributed by atoms with Gasteiger partial charge in [0.25, 0.3) is 5.69 Å². The van der Waals surface area contributed by atoms with Gasteiger partial charge in [-0.25, -0.2) is 9.78 Å². The van der Waals surface area contributed by atoms with Crippen LogP contribution in [0, 0.1) is 10.1 Å². The van der Waals surface area contributed by atoms with Crippen LogP contribution in [0.15, 0.2) is 16.6 Å². The van der Waals surface area contributed by atoms with Crippen molar-refractivity contribution < 1.29 is 14.5 Å². The number of piperidine rings is 1. The van der Waals surface area contributed by atoms with E-state index in [0.29, 0.717) is 16.5 Å². The van der Waals surface area contributed by atoms with Crippen LogP contribution < -0.4 is 10.2 Å². The predicted octanol–water partition coefficient (Wildman–Crippen LogP) is 3.74. The molecule has 1 N–H and O–H groups in total. The SMILES string of the molecule is Cn1c(N2CCC[C@@H](NC(=O)OC(C)(C)C)C2)nc2cc([N+](=O)[O-])c(Br)cc21. The molecule has 0 saturated carbocycles. The average Bonchev–Trinajstić information content (AvgIpc) is 2.88. The zero-order valence-corrected chi connectivity index (χ0v) is 17.9. The Bertz CT molecular complexity index is 921. The van der Waals surface area contributed by atoms with Crippen LogP contribution in [-0.4, -0.2) is 45.3 Å². The largest absolute Gasteiger partial charge is 0.444 e. The number of imidazole rings is 1. The number of alkyl carbamates (subject to hydrolysis) is 1. The zero-order valence-electron chi connectivity index (χ0n) is 16.4. The first kappa shape index (κ1) is 20.4. The molecule has 0 bridgehead atoms. The number of aromatic nitrogens is 2. The van der Waals surface area contributed by atoms with Gasteiger partial charge in [-0.05, 0) is 55.6 Å². The Hall–Kier alpha value is -2.36. The lowest BCUT2D eigenvalue weighted by molar-refractivity contribution is -0.385. The highest BCUT2D eigenvalue weighted by molar-refractivity contribution is 9.10. The molecule has 152 valence electrons. The third kappa shape index (κ3) is 4.37. The molecular weight excluding hydrogens is 430 g/mol. The van der Waals surface area contributed by atoms with Gasteiger partial charge in [0.05, 0.1) is 20.4 Å². The van der Waals surface area contributed by atoms with E-state index in [9.17, 15) is 14.9 Å². The van der Waals surface area contributed by atoms with E-state index in [1.807, 2.05) is 32.4 Å². The molecule has 1 aromatic heterocycles. The molecule has 1 aliphatic rings. The molecule has 10 heteroatoms. The van der Waals surface area contributed by atoms with Crippen LogP contribution >= 0.6 is 15.9 Å². The van der Waals surface area contributed by atoms with Gasteiger partial charge in [-0.2, -0.15) is 0 Å². The number of amides is 1. The van der Waals surface area contributed by atoms with Gasteiger partial charge in [-0.3, -0.25) is 10.1 Å². The van der Waals surface area contributed by atoms with Crippen LogP contribution in [0.3, 0.4) is 0 Å². The number of carbonyl (C=O) groups is 1. The number of nitrogens with one attached hydrogen (secondary N) is 1. The smallest absolute Gasteiger partial charge is 0.407 e. The van der Waals surface area contributed by atoms with E-state index in [4.69, 9.17) is 4.74 Å². The van der Waals surface area contributed by atoms with Crippen LogP contribution in [0.1, 0.15) is 33.6 Å². The molecule has 1 fully saturated rings. The quantitative estimate of drug-likeness (QED) is 0.560. The molecule has 28 heavy (non-hydrogen) atoms. The summed E-state index contributed by atoms with van der Waals surface area (Å²) in [5.74, 6) is 0.720. The highest BCUT2D eigenvalue weighted by Gasteiger charge is 2.27. The van der Waals surface area contributed by atoms with Crippen molar-refractivity contribution in [1.82, 2.24) is 14.9 Å². The number of nitro groups is 1. The number of halogens is 1. The highest BCUT2D eigenvalue weighted by atomic mass is 79.9. The number of fused-ring (bicyclic) bond motifs is 1.